The number of aryl methyl sites for hydroxylation is 1. The van der Waals surface area contributed by atoms with E-state index in [0.717, 1.165) is 5.56 Å². The van der Waals surface area contributed by atoms with Crippen LogP contribution in [0.2, 0.25) is 0 Å². The van der Waals surface area contributed by atoms with E-state index in [4.69, 9.17) is 4.74 Å². The van der Waals surface area contributed by atoms with Crippen LogP contribution in [0.1, 0.15) is 15.9 Å². The third-order valence-electron chi connectivity index (χ3n) is 2.68. The van der Waals surface area contributed by atoms with Gasteiger partial charge in [-0.25, -0.2) is 4.98 Å². The summed E-state index contributed by atoms with van der Waals surface area (Å²) in [5, 5.41) is 2.79. The molecule has 98 valence electrons. The molecule has 0 saturated heterocycles. The van der Waals surface area contributed by atoms with Crippen molar-refractivity contribution in [1.82, 2.24) is 4.98 Å². The van der Waals surface area contributed by atoms with Crippen molar-refractivity contribution in [1.29, 1.82) is 0 Å². The molecule has 0 saturated carbocycles. The molecule has 0 fully saturated rings. The molecule has 2 rings (SSSR count). The summed E-state index contributed by atoms with van der Waals surface area (Å²) < 4.78 is 5.81. The fraction of sp³-hybridized carbons (Fsp3) is 0.143. The SMILES string of the molecule is COc1cc(C(=O)Nc2cccnc2Br)ccc1C. The van der Waals surface area contributed by atoms with Gasteiger partial charge in [0.1, 0.15) is 10.4 Å². The zero-order chi connectivity index (χ0) is 13.8. The standard InChI is InChI=1S/C14H13BrN2O2/c1-9-5-6-10(8-12(9)19-2)14(18)17-11-4-3-7-16-13(11)15/h3-8H,1-2H3,(H,17,18). The minimum Gasteiger partial charge on any atom is -0.496 e. The zero-order valence-electron chi connectivity index (χ0n) is 10.6. The van der Waals surface area contributed by atoms with Crippen LogP contribution in [0.25, 0.3) is 0 Å². The average molecular weight is 321 g/mol. The zero-order valence-corrected chi connectivity index (χ0v) is 12.2. The van der Waals surface area contributed by atoms with Crippen LogP contribution in [0.15, 0.2) is 41.1 Å². The number of rotatable bonds is 3. The number of hydrogen-bond donors (Lipinski definition) is 1. The third kappa shape index (κ3) is 3.12. The second-order valence-corrected chi connectivity index (χ2v) is 4.73. The predicted molar refractivity (Wildman–Crippen MR) is 77.6 cm³/mol. The van der Waals surface area contributed by atoms with Gasteiger partial charge in [0.2, 0.25) is 0 Å². The van der Waals surface area contributed by atoms with Gasteiger partial charge in [-0.15, -0.1) is 0 Å². The molecule has 0 aliphatic carbocycles. The molecule has 1 aromatic heterocycles. The molecule has 0 bridgehead atoms. The van der Waals surface area contributed by atoms with Crippen LogP contribution in [0, 0.1) is 6.92 Å². The number of nitrogens with one attached hydrogen (secondary N) is 1. The van der Waals surface area contributed by atoms with Gasteiger partial charge in [0, 0.05) is 11.8 Å². The summed E-state index contributed by atoms with van der Waals surface area (Å²) in [5.74, 6) is 0.491. The predicted octanol–water partition coefficient (Wildman–Crippen LogP) is 3.41. The van der Waals surface area contributed by atoms with Gasteiger partial charge >= 0.3 is 0 Å². The maximum Gasteiger partial charge on any atom is 0.255 e. The lowest BCUT2D eigenvalue weighted by Crippen LogP contribution is -2.12. The van der Waals surface area contributed by atoms with Gasteiger partial charge in [-0.2, -0.15) is 0 Å². The fourth-order valence-electron chi connectivity index (χ4n) is 1.64. The number of benzene rings is 1. The van der Waals surface area contributed by atoms with Crippen LogP contribution >= 0.6 is 15.9 Å². The number of amides is 1. The van der Waals surface area contributed by atoms with E-state index >= 15 is 0 Å². The largest absolute Gasteiger partial charge is 0.496 e. The Morgan fingerprint density at radius 3 is 2.84 bits per heavy atom. The quantitative estimate of drug-likeness (QED) is 0.882. The van der Waals surface area contributed by atoms with Gasteiger partial charge in [0.05, 0.1) is 12.8 Å². The Labute approximate surface area is 119 Å². The molecule has 1 amide bonds. The number of hydrogen-bond acceptors (Lipinski definition) is 3. The molecule has 2 aromatic rings. The molecule has 5 heteroatoms. The first-order valence-corrected chi connectivity index (χ1v) is 6.47. The number of nitrogens with zero attached hydrogens (tertiary/aromatic N) is 1. The van der Waals surface area contributed by atoms with E-state index in [9.17, 15) is 4.79 Å². The van der Waals surface area contributed by atoms with Crippen molar-refractivity contribution in [3.63, 3.8) is 0 Å². The highest BCUT2D eigenvalue weighted by Gasteiger charge is 2.10. The summed E-state index contributed by atoms with van der Waals surface area (Å²) in [6.07, 6.45) is 1.65. The lowest BCUT2D eigenvalue weighted by atomic mass is 10.1. The highest BCUT2D eigenvalue weighted by atomic mass is 79.9. The van der Waals surface area contributed by atoms with E-state index in [-0.39, 0.29) is 5.91 Å². The van der Waals surface area contributed by atoms with Crippen molar-refractivity contribution < 1.29 is 9.53 Å². The average Bonchev–Trinajstić information content (AvgIpc) is 2.42. The second kappa shape index (κ2) is 5.84. The van der Waals surface area contributed by atoms with Crippen molar-refractivity contribution in [2.24, 2.45) is 0 Å². The molecule has 0 unspecified atom stereocenters. The number of ether oxygens (including phenoxy) is 1. The minimum atomic E-state index is -0.202. The fourth-order valence-corrected chi connectivity index (χ4v) is 1.98. The molecule has 0 radical (unpaired) electrons. The Bertz CT molecular complexity index is 614. The number of halogens is 1. The Hall–Kier alpha value is -1.88. The van der Waals surface area contributed by atoms with Crippen LogP contribution in [0.3, 0.4) is 0 Å². The maximum absolute atomic E-state index is 12.1. The monoisotopic (exact) mass is 320 g/mol. The molecule has 19 heavy (non-hydrogen) atoms. The molecule has 1 N–H and O–H groups in total. The van der Waals surface area contributed by atoms with Gasteiger partial charge in [-0.3, -0.25) is 4.79 Å². The molecule has 0 aliphatic rings. The molecule has 0 spiro atoms. The lowest BCUT2D eigenvalue weighted by Gasteiger charge is -2.09. The molecule has 1 aromatic carbocycles. The third-order valence-corrected chi connectivity index (χ3v) is 3.31. The number of anilines is 1. The summed E-state index contributed by atoms with van der Waals surface area (Å²) in [7, 11) is 1.59. The molecule has 1 heterocycles. The first-order chi connectivity index (χ1) is 9.11. The van der Waals surface area contributed by atoms with E-state index in [2.05, 4.69) is 26.2 Å². The summed E-state index contributed by atoms with van der Waals surface area (Å²) in [5.41, 5.74) is 2.16. The number of carbonyl (C=O) groups excluding carboxylic acids is 1. The van der Waals surface area contributed by atoms with Crippen molar-refractivity contribution >= 4 is 27.5 Å². The molecule has 0 atom stereocenters. The van der Waals surface area contributed by atoms with Gasteiger partial charge in [0.15, 0.2) is 0 Å². The van der Waals surface area contributed by atoms with Gasteiger partial charge in [0.25, 0.3) is 5.91 Å². The first kappa shape index (κ1) is 13.5. The van der Waals surface area contributed by atoms with Crippen molar-refractivity contribution in [3.8, 4) is 5.75 Å². The van der Waals surface area contributed by atoms with Crippen LogP contribution in [-0.2, 0) is 0 Å². The summed E-state index contributed by atoms with van der Waals surface area (Å²) in [4.78, 5) is 16.2. The van der Waals surface area contributed by atoms with Gasteiger partial charge < -0.3 is 10.1 Å². The van der Waals surface area contributed by atoms with Crippen LogP contribution in [-0.4, -0.2) is 18.0 Å². The van der Waals surface area contributed by atoms with Gasteiger partial charge in [-0.05, 0) is 52.7 Å². The van der Waals surface area contributed by atoms with Crippen molar-refractivity contribution in [2.45, 2.75) is 6.92 Å². The first-order valence-electron chi connectivity index (χ1n) is 5.68. The number of aromatic nitrogens is 1. The minimum absolute atomic E-state index is 0.202. The maximum atomic E-state index is 12.1. The van der Waals surface area contributed by atoms with Crippen LogP contribution in [0.5, 0.6) is 5.75 Å². The van der Waals surface area contributed by atoms with Gasteiger partial charge in [-0.1, -0.05) is 6.07 Å². The van der Waals surface area contributed by atoms with E-state index in [1.54, 1.807) is 37.6 Å². The Morgan fingerprint density at radius 2 is 2.16 bits per heavy atom. The Kier molecular flexibility index (Phi) is 4.16. The molecule has 0 aliphatic heterocycles. The summed E-state index contributed by atoms with van der Waals surface area (Å²) >= 11 is 3.29. The lowest BCUT2D eigenvalue weighted by molar-refractivity contribution is 0.102. The highest BCUT2D eigenvalue weighted by Crippen LogP contribution is 2.22. The van der Waals surface area contributed by atoms with Crippen LogP contribution in [0.4, 0.5) is 5.69 Å². The number of pyridine rings is 1. The highest BCUT2D eigenvalue weighted by molar-refractivity contribution is 9.10. The van der Waals surface area contributed by atoms with Crippen molar-refractivity contribution in [2.75, 3.05) is 12.4 Å². The van der Waals surface area contributed by atoms with Crippen molar-refractivity contribution in [3.05, 3.63) is 52.3 Å². The van der Waals surface area contributed by atoms with E-state index in [1.807, 2.05) is 13.0 Å². The van der Waals surface area contributed by atoms with E-state index in [1.165, 1.54) is 0 Å². The Morgan fingerprint density at radius 1 is 1.37 bits per heavy atom. The summed E-state index contributed by atoms with van der Waals surface area (Å²) in [6.45, 7) is 1.93. The normalized spacial score (nSPS) is 10.1. The van der Waals surface area contributed by atoms with E-state index in [0.29, 0.717) is 21.6 Å². The Balaban J connectivity index is 2.23. The molecular formula is C14H13BrN2O2. The number of carbonyl (C=O) groups is 1. The van der Waals surface area contributed by atoms with Crippen LogP contribution < -0.4 is 10.1 Å². The van der Waals surface area contributed by atoms with E-state index < -0.39 is 0 Å². The summed E-state index contributed by atoms with van der Waals surface area (Å²) in [6, 6.07) is 8.87. The topological polar surface area (TPSA) is 51.2 Å². The molecular weight excluding hydrogens is 308 g/mol. The molecule has 4 nitrogen and oxygen atoms in total. The number of methoxy groups -OCH3 is 1. The smallest absolute Gasteiger partial charge is 0.255 e. The second-order valence-electron chi connectivity index (χ2n) is 3.98.